The molecule has 4 heteroatoms. The van der Waals surface area contributed by atoms with Gasteiger partial charge in [-0.25, -0.2) is 0 Å². The average Bonchev–Trinajstić information content (AvgIpc) is 2.41. The second-order valence-electron chi connectivity index (χ2n) is 4.55. The molecule has 0 aromatic heterocycles. The minimum absolute atomic E-state index is 0.0350. The minimum atomic E-state index is 0.0350. The first-order chi connectivity index (χ1) is 8.76. The third-order valence-electron chi connectivity index (χ3n) is 3.19. The summed E-state index contributed by atoms with van der Waals surface area (Å²) in [5.74, 6) is 0.816. The Bertz CT molecular complexity index is 432. The van der Waals surface area contributed by atoms with Gasteiger partial charge in [-0.2, -0.15) is 0 Å². The zero-order valence-electron chi connectivity index (χ0n) is 10.8. The summed E-state index contributed by atoms with van der Waals surface area (Å²) in [6, 6.07) is 5.80. The molecule has 98 valence electrons. The molecular formula is C14H20N2O2. The maximum absolute atomic E-state index is 11.9. The van der Waals surface area contributed by atoms with Crippen LogP contribution in [-0.2, 0) is 11.3 Å². The Morgan fingerprint density at radius 1 is 1.39 bits per heavy atom. The maximum atomic E-state index is 11.9. The molecule has 1 aliphatic rings. The molecule has 0 unspecified atom stereocenters. The lowest BCUT2D eigenvalue weighted by atomic mass is 10.1. The number of nitrogens with zero attached hydrogens (tertiary/aromatic N) is 1. The van der Waals surface area contributed by atoms with Crippen molar-refractivity contribution in [2.75, 3.05) is 18.1 Å². The molecule has 0 saturated heterocycles. The minimum Gasteiger partial charge on any atom is -0.482 e. The lowest BCUT2D eigenvalue weighted by Gasteiger charge is -2.29. The molecule has 4 nitrogen and oxygen atoms in total. The quantitative estimate of drug-likeness (QED) is 0.811. The van der Waals surface area contributed by atoms with Crippen LogP contribution in [0.4, 0.5) is 5.69 Å². The topological polar surface area (TPSA) is 55.6 Å². The maximum Gasteiger partial charge on any atom is 0.265 e. The van der Waals surface area contributed by atoms with Crippen LogP contribution in [0.5, 0.6) is 5.75 Å². The van der Waals surface area contributed by atoms with E-state index >= 15 is 0 Å². The van der Waals surface area contributed by atoms with E-state index in [1.165, 1.54) is 0 Å². The van der Waals surface area contributed by atoms with E-state index in [0.717, 1.165) is 42.8 Å². The molecule has 1 aromatic rings. The van der Waals surface area contributed by atoms with E-state index in [-0.39, 0.29) is 12.5 Å². The number of benzene rings is 1. The molecule has 0 saturated carbocycles. The first kappa shape index (κ1) is 12.9. The van der Waals surface area contributed by atoms with E-state index in [1.54, 1.807) is 0 Å². The van der Waals surface area contributed by atoms with Crippen LogP contribution >= 0.6 is 0 Å². The highest BCUT2D eigenvalue weighted by Gasteiger charge is 2.24. The highest BCUT2D eigenvalue weighted by atomic mass is 16.5. The van der Waals surface area contributed by atoms with Crippen molar-refractivity contribution in [2.45, 2.75) is 32.7 Å². The van der Waals surface area contributed by atoms with Crippen molar-refractivity contribution in [1.29, 1.82) is 0 Å². The number of carbonyl (C=O) groups is 1. The Labute approximate surface area is 108 Å². The summed E-state index contributed by atoms with van der Waals surface area (Å²) >= 11 is 0. The number of amides is 1. The fourth-order valence-electron chi connectivity index (χ4n) is 2.14. The number of hydrogen-bond donors (Lipinski definition) is 1. The van der Waals surface area contributed by atoms with Crippen molar-refractivity contribution >= 4 is 11.6 Å². The highest BCUT2D eigenvalue weighted by molar-refractivity contribution is 5.97. The number of anilines is 1. The van der Waals surface area contributed by atoms with Crippen LogP contribution in [0.1, 0.15) is 31.7 Å². The fourth-order valence-corrected chi connectivity index (χ4v) is 2.14. The molecule has 1 aliphatic heterocycles. The van der Waals surface area contributed by atoms with E-state index in [1.807, 2.05) is 23.1 Å². The van der Waals surface area contributed by atoms with Gasteiger partial charge < -0.3 is 15.4 Å². The Hall–Kier alpha value is -1.55. The molecule has 2 N–H and O–H groups in total. The lowest BCUT2D eigenvalue weighted by Crippen LogP contribution is -2.39. The number of unbranched alkanes of at least 4 members (excludes halogenated alkanes) is 2. The Morgan fingerprint density at radius 3 is 2.94 bits per heavy atom. The summed E-state index contributed by atoms with van der Waals surface area (Å²) < 4.78 is 5.44. The smallest absolute Gasteiger partial charge is 0.265 e. The first-order valence-corrected chi connectivity index (χ1v) is 6.52. The van der Waals surface area contributed by atoms with Crippen LogP contribution in [0.3, 0.4) is 0 Å². The molecule has 1 heterocycles. The van der Waals surface area contributed by atoms with Gasteiger partial charge in [0.15, 0.2) is 6.61 Å². The number of fused-ring (bicyclic) bond motifs is 1. The molecule has 1 aromatic carbocycles. The summed E-state index contributed by atoms with van der Waals surface area (Å²) in [6.07, 6.45) is 3.30. The van der Waals surface area contributed by atoms with Crippen LogP contribution in [0.25, 0.3) is 0 Å². The van der Waals surface area contributed by atoms with Gasteiger partial charge in [-0.3, -0.25) is 4.79 Å². The molecule has 18 heavy (non-hydrogen) atoms. The molecule has 0 spiro atoms. The molecule has 0 fully saturated rings. The van der Waals surface area contributed by atoms with Gasteiger partial charge in [0.1, 0.15) is 5.75 Å². The van der Waals surface area contributed by atoms with Crippen molar-refractivity contribution in [1.82, 2.24) is 0 Å². The standard InChI is InChI=1S/C14H20N2O2/c1-2-3-4-7-16-12-8-11(9-15)5-6-13(12)18-10-14(16)17/h5-6,8H,2-4,7,9-10,15H2,1H3. The van der Waals surface area contributed by atoms with Gasteiger partial charge in [0.25, 0.3) is 5.91 Å². The van der Waals surface area contributed by atoms with Gasteiger partial charge in [0, 0.05) is 13.1 Å². The Morgan fingerprint density at radius 2 is 2.22 bits per heavy atom. The predicted octanol–water partition coefficient (Wildman–Crippen LogP) is 2.06. The number of nitrogens with two attached hydrogens (primary N) is 1. The summed E-state index contributed by atoms with van der Waals surface area (Å²) in [5, 5.41) is 0. The lowest BCUT2D eigenvalue weighted by molar-refractivity contribution is -0.121. The van der Waals surface area contributed by atoms with E-state index in [0.29, 0.717) is 6.54 Å². The van der Waals surface area contributed by atoms with E-state index in [9.17, 15) is 4.79 Å². The van der Waals surface area contributed by atoms with Crippen LogP contribution in [0.2, 0.25) is 0 Å². The second-order valence-corrected chi connectivity index (χ2v) is 4.55. The van der Waals surface area contributed by atoms with Gasteiger partial charge in [-0.05, 0) is 24.1 Å². The number of rotatable bonds is 5. The van der Waals surface area contributed by atoms with Crippen LogP contribution in [-0.4, -0.2) is 19.1 Å². The molecule has 0 bridgehead atoms. The van der Waals surface area contributed by atoms with Crippen molar-refractivity contribution in [3.05, 3.63) is 23.8 Å². The average molecular weight is 248 g/mol. The third kappa shape index (κ3) is 2.64. The Kier molecular flexibility index (Phi) is 4.20. The zero-order chi connectivity index (χ0) is 13.0. The van der Waals surface area contributed by atoms with E-state index < -0.39 is 0 Å². The summed E-state index contributed by atoms with van der Waals surface area (Å²) in [5.41, 5.74) is 7.53. The summed E-state index contributed by atoms with van der Waals surface area (Å²) in [6.45, 7) is 3.53. The second kappa shape index (κ2) is 5.87. The largest absolute Gasteiger partial charge is 0.482 e. The molecule has 1 amide bonds. The zero-order valence-corrected chi connectivity index (χ0v) is 10.8. The predicted molar refractivity (Wildman–Crippen MR) is 71.7 cm³/mol. The van der Waals surface area contributed by atoms with Gasteiger partial charge in [-0.1, -0.05) is 25.8 Å². The number of carbonyl (C=O) groups excluding carboxylic acids is 1. The normalized spacial score (nSPS) is 14.3. The van der Waals surface area contributed by atoms with Crippen LogP contribution in [0.15, 0.2) is 18.2 Å². The highest BCUT2D eigenvalue weighted by Crippen LogP contribution is 2.33. The van der Waals surface area contributed by atoms with Crippen LogP contribution in [0, 0.1) is 0 Å². The van der Waals surface area contributed by atoms with Crippen molar-refractivity contribution in [3.8, 4) is 5.75 Å². The third-order valence-corrected chi connectivity index (χ3v) is 3.19. The van der Waals surface area contributed by atoms with Crippen molar-refractivity contribution in [2.24, 2.45) is 5.73 Å². The van der Waals surface area contributed by atoms with Crippen LogP contribution < -0.4 is 15.4 Å². The van der Waals surface area contributed by atoms with E-state index in [2.05, 4.69) is 6.92 Å². The van der Waals surface area contributed by atoms with Crippen molar-refractivity contribution in [3.63, 3.8) is 0 Å². The number of hydrogen-bond acceptors (Lipinski definition) is 3. The molecule has 0 aliphatic carbocycles. The van der Waals surface area contributed by atoms with Gasteiger partial charge in [0.05, 0.1) is 5.69 Å². The molecule has 2 rings (SSSR count). The van der Waals surface area contributed by atoms with Gasteiger partial charge >= 0.3 is 0 Å². The number of ether oxygens (including phenoxy) is 1. The summed E-state index contributed by atoms with van der Waals surface area (Å²) in [7, 11) is 0. The monoisotopic (exact) mass is 248 g/mol. The van der Waals surface area contributed by atoms with Crippen molar-refractivity contribution < 1.29 is 9.53 Å². The molecular weight excluding hydrogens is 228 g/mol. The molecule has 0 radical (unpaired) electrons. The first-order valence-electron chi connectivity index (χ1n) is 6.52. The Balaban J connectivity index is 2.21. The van der Waals surface area contributed by atoms with Gasteiger partial charge in [-0.15, -0.1) is 0 Å². The molecule has 0 atom stereocenters. The summed E-state index contributed by atoms with van der Waals surface area (Å²) in [4.78, 5) is 13.7. The SMILES string of the molecule is CCCCCN1C(=O)COc2ccc(CN)cc21. The van der Waals surface area contributed by atoms with E-state index in [4.69, 9.17) is 10.5 Å². The van der Waals surface area contributed by atoms with Gasteiger partial charge in [0.2, 0.25) is 0 Å². The fraction of sp³-hybridized carbons (Fsp3) is 0.500.